The number of carbonyl (C=O) groups is 1. The minimum Gasteiger partial charge on any atom is -0.321 e. The van der Waals surface area contributed by atoms with Gasteiger partial charge in [0.15, 0.2) is 0 Å². The van der Waals surface area contributed by atoms with E-state index >= 15 is 0 Å². The second-order valence-electron chi connectivity index (χ2n) is 3.85. The summed E-state index contributed by atoms with van der Waals surface area (Å²) >= 11 is 7.30. The summed E-state index contributed by atoms with van der Waals surface area (Å²) in [5.74, 6) is 0.582. The summed E-state index contributed by atoms with van der Waals surface area (Å²) in [5, 5.41) is 8.93. The topological polar surface area (TPSA) is 44.1 Å². The van der Waals surface area contributed by atoms with Crippen molar-refractivity contribution in [2.75, 3.05) is 18.1 Å². The van der Waals surface area contributed by atoms with Crippen LogP contribution < -0.4 is 0 Å². The van der Waals surface area contributed by atoms with Crippen LogP contribution in [0, 0.1) is 17.1 Å². The Kier molecular flexibility index (Phi) is 4.10. The summed E-state index contributed by atoms with van der Waals surface area (Å²) in [4.78, 5) is 13.7. The van der Waals surface area contributed by atoms with Gasteiger partial charge in [-0.2, -0.15) is 17.0 Å². The van der Waals surface area contributed by atoms with Crippen LogP contribution in [0.1, 0.15) is 10.4 Å². The fourth-order valence-corrected chi connectivity index (χ4v) is 2.90. The van der Waals surface area contributed by atoms with E-state index in [9.17, 15) is 9.18 Å². The highest BCUT2D eigenvalue weighted by Gasteiger charge is 2.27. The van der Waals surface area contributed by atoms with E-state index in [1.165, 1.54) is 17.0 Å². The number of hydrogen-bond donors (Lipinski definition) is 0. The molecule has 6 heteroatoms. The minimum absolute atomic E-state index is 0.0826. The lowest BCUT2D eigenvalue weighted by Gasteiger charge is -2.31. The van der Waals surface area contributed by atoms with Gasteiger partial charge in [-0.05, 0) is 18.2 Å². The predicted molar refractivity (Wildman–Crippen MR) is 69.2 cm³/mol. The average Bonchev–Trinajstić information content (AvgIpc) is 2.41. The molecule has 0 radical (unpaired) electrons. The highest BCUT2D eigenvalue weighted by Crippen LogP contribution is 2.21. The monoisotopic (exact) mass is 284 g/mol. The molecule has 0 unspecified atom stereocenters. The number of carbonyl (C=O) groups excluding carboxylic acids is 1. The van der Waals surface area contributed by atoms with Crippen molar-refractivity contribution < 1.29 is 9.18 Å². The van der Waals surface area contributed by atoms with Crippen LogP contribution in [0.4, 0.5) is 4.39 Å². The standard InChI is InChI=1S/C12H10ClFN2OS/c13-10-5-8(1-2-11(10)14)12(17)16-3-4-18-7-9(16)6-15/h1-2,5,9H,3-4,7H2/t9-/m1/s1. The largest absolute Gasteiger partial charge is 0.321 e. The Hall–Kier alpha value is -1.25. The van der Waals surface area contributed by atoms with Crippen LogP contribution in [0.2, 0.25) is 5.02 Å². The summed E-state index contributed by atoms with van der Waals surface area (Å²) in [6.45, 7) is 0.525. The van der Waals surface area contributed by atoms with E-state index in [1.807, 2.05) is 0 Å². The van der Waals surface area contributed by atoms with Gasteiger partial charge in [0.25, 0.3) is 5.91 Å². The van der Waals surface area contributed by atoms with Gasteiger partial charge < -0.3 is 4.90 Å². The van der Waals surface area contributed by atoms with Gasteiger partial charge in [0.05, 0.1) is 11.1 Å². The number of benzene rings is 1. The van der Waals surface area contributed by atoms with E-state index in [-0.39, 0.29) is 10.9 Å². The summed E-state index contributed by atoms with van der Waals surface area (Å²) < 4.78 is 13.0. The quantitative estimate of drug-likeness (QED) is 0.796. The summed E-state index contributed by atoms with van der Waals surface area (Å²) in [6.07, 6.45) is 0. The molecule has 3 nitrogen and oxygen atoms in total. The highest BCUT2D eigenvalue weighted by atomic mass is 35.5. The maximum atomic E-state index is 13.0. The summed E-state index contributed by atoms with van der Waals surface area (Å²) in [6, 6.07) is 5.53. The van der Waals surface area contributed by atoms with Crippen molar-refractivity contribution in [3.63, 3.8) is 0 Å². The van der Waals surface area contributed by atoms with E-state index in [4.69, 9.17) is 16.9 Å². The lowest BCUT2D eigenvalue weighted by molar-refractivity contribution is 0.0737. The molecule has 0 N–H and O–H groups in total. The first-order valence-corrected chi connectivity index (χ1v) is 6.90. The van der Waals surface area contributed by atoms with Gasteiger partial charge in [-0.3, -0.25) is 4.79 Å². The molecule has 1 aliphatic rings. The van der Waals surface area contributed by atoms with E-state index in [0.717, 1.165) is 11.8 Å². The number of amides is 1. The normalized spacial score (nSPS) is 19.4. The van der Waals surface area contributed by atoms with Gasteiger partial charge in [-0.15, -0.1) is 0 Å². The van der Waals surface area contributed by atoms with Crippen LogP contribution in [0.3, 0.4) is 0 Å². The van der Waals surface area contributed by atoms with Gasteiger partial charge in [0.1, 0.15) is 11.9 Å². The van der Waals surface area contributed by atoms with E-state index in [1.54, 1.807) is 11.8 Å². The third-order valence-electron chi connectivity index (χ3n) is 2.70. The number of halogens is 2. The number of nitriles is 1. The van der Waals surface area contributed by atoms with Crippen molar-refractivity contribution in [1.82, 2.24) is 4.90 Å². The Bertz CT molecular complexity index is 517. The molecular weight excluding hydrogens is 275 g/mol. The first-order chi connectivity index (χ1) is 8.63. The van der Waals surface area contributed by atoms with Gasteiger partial charge in [0, 0.05) is 23.6 Å². The zero-order valence-corrected chi connectivity index (χ0v) is 11.0. The molecule has 0 aliphatic carbocycles. The molecule has 1 aromatic rings. The Labute approximate surface area is 114 Å². The SMILES string of the molecule is N#C[C@@H]1CSCCN1C(=O)c1ccc(F)c(Cl)c1. The number of hydrogen-bond acceptors (Lipinski definition) is 3. The molecule has 1 heterocycles. The Morgan fingerprint density at radius 3 is 3.06 bits per heavy atom. The van der Waals surface area contributed by atoms with Crippen LogP contribution in [0.15, 0.2) is 18.2 Å². The van der Waals surface area contributed by atoms with E-state index in [2.05, 4.69) is 6.07 Å². The van der Waals surface area contributed by atoms with Crippen molar-refractivity contribution >= 4 is 29.3 Å². The third kappa shape index (κ3) is 2.60. The lowest BCUT2D eigenvalue weighted by Crippen LogP contribution is -2.45. The summed E-state index contributed by atoms with van der Waals surface area (Å²) in [5.41, 5.74) is 0.313. The molecule has 18 heavy (non-hydrogen) atoms. The van der Waals surface area contributed by atoms with Gasteiger partial charge in [-0.1, -0.05) is 11.6 Å². The molecule has 0 aromatic heterocycles. The maximum absolute atomic E-state index is 13.0. The zero-order chi connectivity index (χ0) is 13.1. The molecule has 1 amide bonds. The van der Waals surface area contributed by atoms with Crippen molar-refractivity contribution in [1.29, 1.82) is 5.26 Å². The number of nitrogens with zero attached hydrogens (tertiary/aromatic N) is 2. The Balaban J connectivity index is 2.24. The van der Waals surface area contributed by atoms with Gasteiger partial charge in [-0.25, -0.2) is 4.39 Å². The lowest BCUT2D eigenvalue weighted by atomic mass is 10.1. The molecule has 1 fully saturated rings. The van der Waals surface area contributed by atoms with Gasteiger partial charge >= 0.3 is 0 Å². The van der Waals surface area contributed by atoms with Gasteiger partial charge in [0.2, 0.25) is 0 Å². The third-order valence-corrected chi connectivity index (χ3v) is 4.02. The molecule has 1 atom stereocenters. The first kappa shape index (κ1) is 13.2. The molecule has 0 spiro atoms. The van der Waals surface area contributed by atoms with Crippen molar-refractivity contribution in [3.05, 3.63) is 34.6 Å². The van der Waals surface area contributed by atoms with E-state index < -0.39 is 11.9 Å². The molecule has 0 bridgehead atoms. The van der Waals surface area contributed by atoms with E-state index in [0.29, 0.717) is 17.9 Å². The molecule has 0 saturated carbocycles. The van der Waals surface area contributed by atoms with Crippen LogP contribution in [-0.4, -0.2) is 34.9 Å². The maximum Gasteiger partial charge on any atom is 0.255 e. The second kappa shape index (κ2) is 5.59. The van der Waals surface area contributed by atoms with Crippen LogP contribution in [0.5, 0.6) is 0 Å². The van der Waals surface area contributed by atoms with Crippen LogP contribution in [0.25, 0.3) is 0 Å². The van der Waals surface area contributed by atoms with Crippen LogP contribution >= 0.6 is 23.4 Å². The van der Waals surface area contributed by atoms with Crippen molar-refractivity contribution in [2.24, 2.45) is 0 Å². The van der Waals surface area contributed by atoms with Crippen molar-refractivity contribution in [2.45, 2.75) is 6.04 Å². The smallest absolute Gasteiger partial charge is 0.255 e. The molecular formula is C12H10ClFN2OS. The zero-order valence-electron chi connectivity index (χ0n) is 9.40. The molecule has 1 saturated heterocycles. The predicted octanol–water partition coefficient (Wildman–Crippen LogP) is 2.56. The highest BCUT2D eigenvalue weighted by molar-refractivity contribution is 7.99. The number of rotatable bonds is 1. The molecule has 2 rings (SSSR count). The molecule has 1 aliphatic heterocycles. The first-order valence-electron chi connectivity index (χ1n) is 5.37. The fourth-order valence-electron chi connectivity index (χ4n) is 1.75. The minimum atomic E-state index is -0.556. The summed E-state index contributed by atoms with van der Waals surface area (Å²) in [7, 11) is 0. The molecule has 1 aromatic carbocycles. The molecule has 94 valence electrons. The fraction of sp³-hybridized carbons (Fsp3) is 0.333. The Morgan fingerprint density at radius 1 is 1.61 bits per heavy atom. The Morgan fingerprint density at radius 2 is 2.39 bits per heavy atom. The second-order valence-corrected chi connectivity index (χ2v) is 5.40. The van der Waals surface area contributed by atoms with Crippen LogP contribution in [-0.2, 0) is 0 Å². The van der Waals surface area contributed by atoms with Crippen molar-refractivity contribution in [3.8, 4) is 6.07 Å². The number of thioether (sulfide) groups is 1. The average molecular weight is 285 g/mol.